The smallest absolute Gasteiger partial charge is 0.870 e. The molecule has 1 fully saturated rings. The van der Waals surface area contributed by atoms with Gasteiger partial charge in [0, 0.05) is 25.2 Å². The van der Waals surface area contributed by atoms with Gasteiger partial charge in [0.05, 0.1) is 20.1 Å². The first-order valence-corrected chi connectivity index (χ1v) is 9.84. The van der Waals surface area contributed by atoms with Gasteiger partial charge in [0.25, 0.3) is 0 Å². The fourth-order valence-electron chi connectivity index (χ4n) is 4.23. The van der Waals surface area contributed by atoms with Crippen LogP contribution in [0.2, 0.25) is 0 Å². The maximum atomic E-state index is 12.3. The van der Waals surface area contributed by atoms with Crippen LogP contribution in [0.3, 0.4) is 0 Å². The number of rotatable bonds is 4. The Morgan fingerprint density at radius 1 is 1.16 bits per heavy atom. The van der Waals surface area contributed by atoms with Gasteiger partial charge in [-0.2, -0.15) is 0 Å². The van der Waals surface area contributed by atoms with Gasteiger partial charge in [-0.1, -0.05) is 0 Å². The van der Waals surface area contributed by atoms with Gasteiger partial charge in [0.1, 0.15) is 5.60 Å². The van der Waals surface area contributed by atoms with Crippen molar-refractivity contribution in [3.63, 3.8) is 0 Å². The van der Waals surface area contributed by atoms with Gasteiger partial charge in [0.15, 0.2) is 11.5 Å². The van der Waals surface area contributed by atoms with E-state index in [4.69, 9.17) is 14.2 Å². The maximum absolute atomic E-state index is 12.3. The summed E-state index contributed by atoms with van der Waals surface area (Å²) in [5.74, 6) is -0.282. The van der Waals surface area contributed by atoms with Gasteiger partial charge in [-0.3, -0.25) is 9.69 Å². The van der Waals surface area contributed by atoms with Crippen LogP contribution < -0.4 is 66.2 Å². The number of amides is 1. The number of nitrogens with one attached hydrogen (secondary N) is 1. The fourth-order valence-corrected chi connectivity index (χ4v) is 4.23. The largest absolute Gasteiger partial charge is 1.00 e. The van der Waals surface area contributed by atoms with E-state index in [2.05, 4.69) is 10.2 Å². The molecule has 0 spiro atoms. The zero-order valence-electron chi connectivity index (χ0n) is 19.1. The summed E-state index contributed by atoms with van der Waals surface area (Å²) in [7, 11) is 3.21. The molecule has 1 saturated heterocycles. The summed E-state index contributed by atoms with van der Waals surface area (Å²) in [6, 6.07) is 3.43. The number of carboxylic acid groups (broad SMARTS) is 1. The molecule has 0 bridgehead atoms. The SMILES string of the molecule is COc1cc2c(cc1OC)C1CC(NC(=O)OC(C)(C)C)C(C(=O)O)CN1CC2.[K+].[OH-]. The summed E-state index contributed by atoms with van der Waals surface area (Å²) in [5, 5.41) is 12.5. The third kappa shape index (κ3) is 6.56. The zero-order valence-corrected chi connectivity index (χ0v) is 22.2. The number of methoxy groups -OCH3 is 2. The van der Waals surface area contributed by atoms with Gasteiger partial charge in [-0.15, -0.1) is 0 Å². The number of ether oxygens (including phenoxy) is 3. The Morgan fingerprint density at radius 3 is 2.32 bits per heavy atom. The number of hydrogen-bond donors (Lipinski definition) is 2. The fraction of sp³-hybridized carbons (Fsp3) is 0.619. The van der Waals surface area contributed by atoms with Crippen LogP contribution in [0.1, 0.15) is 44.4 Å². The van der Waals surface area contributed by atoms with E-state index in [9.17, 15) is 14.7 Å². The van der Waals surface area contributed by atoms with E-state index >= 15 is 0 Å². The van der Waals surface area contributed by atoms with Gasteiger partial charge in [-0.05, 0) is 56.9 Å². The minimum Gasteiger partial charge on any atom is -0.870 e. The van der Waals surface area contributed by atoms with Crippen molar-refractivity contribution in [1.29, 1.82) is 0 Å². The standard InChI is InChI=1S/C21H30N2O6.K.H2O/c1-21(2,3)29-20(26)22-15-10-16-13-9-18(28-5)17(27-4)8-12(13)6-7-23(16)11-14(15)19(24)25;;/h8-9,14-16H,6-7,10-11H2,1-5H3,(H,22,26)(H,24,25);;1H2/q;+1;/p-1. The number of aliphatic carboxylic acids is 1. The van der Waals surface area contributed by atoms with E-state index in [-0.39, 0.29) is 62.9 Å². The number of fused-ring (bicyclic) bond motifs is 3. The van der Waals surface area contributed by atoms with Crippen molar-refractivity contribution in [2.75, 3.05) is 27.3 Å². The number of benzene rings is 1. The molecule has 3 atom stereocenters. The minimum atomic E-state index is -0.914. The average Bonchev–Trinajstić information content (AvgIpc) is 2.64. The third-order valence-corrected chi connectivity index (χ3v) is 5.53. The second kappa shape index (κ2) is 11.3. The molecular weight excluding hydrogens is 431 g/mol. The Hall–Kier alpha value is -0.884. The van der Waals surface area contributed by atoms with Crippen molar-refractivity contribution in [2.45, 2.75) is 51.3 Å². The van der Waals surface area contributed by atoms with Crippen LogP contribution in [0.15, 0.2) is 12.1 Å². The van der Waals surface area contributed by atoms with Gasteiger partial charge >= 0.3 is 63.4 Å². The number of hydrogen-bond acceptors (Lipinski definition) is 7. The van der Waals surface area contributed by atoms with Crippen LogP contribution in [0, 0.1) is 5.92 Å². The molecule has 2 aliphatic rings. The topological polar surface area (TPSA) is 127 Å². The normalized spacial score (nSPS) is 22.5. The molecule has 0 radical (unpaired) electrons. The Balaban J connectivity index is 0.00000240. The van der Waals surface area contributed by atoms with Gasteiger partial charge < -0.3 is 30.1 Å². The molecular formula is C21H31KN2O7. The summed E-state index contributed by atoms with van der Waals surface area (Å²) in [5.41, 5.74) is 1.60. The van der Waals surface area contributed by atoms with Crippen molar-refractivity contribution < 1.29 is 85.8 Å². The third-order valence-electron chi connectivity index (χ3n) is 5.53. The molecule has 31 heavy (non-hydrogen) atoms. The minimum absolute atomic E-state index is 0. The summed E-state index contributed by atoms with van der Waals surface area (Å²) in [6.45, 7) is 6.47. The van der Waals surface area contributed by atoms with Crippen LogP contribution in [0.5, 0.6) is 11.5 Å². The molecule has 10 heteroatoms. The Morgan fingerprint density at radius 2 is 1.77 bits per heavy atom. The van der Waals surface area contributed by atoms with Crippen molar-refractivity contribution in [1.82, 2.24) is 10.2 Å². The molecule has 1 aromatic rings. The number of piperidine rings is 1. The van der Waals surface area contributed by atoms with Crippen molar-refractivity contribution in [2.24, 2.45) is 5.92 Å². The second-order valence-electron chi connectivity index (χ2n) is 8.60. The predicted octanol–water partition coefficient (Wildman–Crippen LogP) is -0.572. The van der Waals surface area contributed by atoms with Crippen LogP contribution >= 0.6 is 0 Å². The number of nitrogens with zero attached hydrogens (tertiary/aromatic N) is 1. The number of carboxylic acids is 1. The van der Waals surface area contributed by atoms with Gasteiger partial charge in [0.2, 0.25) is 0 Å². The first-order valence-electron chi connectivity index (χ1n) is 9.84. The van der Waals surface area contributed by atoms with Crippen LogP contribution in [-0.2, 0) is 16.0 Å². The molecule has 0 aliphatic carbocycles. The molecule has 3 unspecified atom stereocenters. The molecule has 0 saturated carbocycles. The van der Waals surface area contributed by atoms with E-state index in [1.807, 2.05) is 12.1 Å². The number of carbonyl (C=O) groups is 2. The zero-order chi connectivity index (χ0) is 21.3. The molecule has 9 nitrogen and oxygen atoms in total. The summed E-state index contributed by atoms with van der Waals surface area (Å²) < 4.78 is 16.2. The summed E-state index contributed by atoms with van der Waals surface area (Å²) in [6.07, 6.45) is 0.701. The maximum Gasteiger partial charge on any atom is 1.00 e. The van der Waals surface area contributed by atoms with Crippen LogP contribution in [-0.4, -0.2) is 66.5 Å². The first kappa shape index (κ1) is 28.1. The molecule has 2 heterocycles. The van der Waals surface area contributed by atoms with Crippen LogP contribution in [0.4, 0.5) is 4.79 Å². The molecule has 0 aromatic heterocycles. The van der Waals surface area contributed by atoms with Crippen molar-refractivity contribution >= 4 is 12.1 Å². The van der Waals surface area contributed by atoms with E-state index < -0.39 is 29.6 Å². The monoisotopic (exact) mass is 462 g/mol. The first-order chi connectivity index (χ1) is 13.6. The van der Waals surface area contributed by atoms with Crippen molar-refractivity contribution in [3.8, 4) is 11.5 Å². The van der Waals surface area contributed by atoms with E-state index in [0.29, 0.717) is 24.5 Å². The molecule has 1 aromatic carbocycles. The Bertz CT molecular complexity index is 797. The second-order valence-corrected chi connectivity index (χ2v) is 8.60. The van der Waals surface area contributed by atoms with E-state index in [1.165, 1.54) is 0 Å². The Labute approximate surface area is 225 Å². The van der Waals surface area contributed by atoms with E-state index in [1.54, 1.807) is 35.0 Å². The van der Waals surface area contributed by atoms with Crippen LogP contribution in [0.25, 0.3) is 0 Å². The number of alkyl carbamates (subject to hydrolysis) is 1. The molecule has 168 valence electrons. The molecule has 3 rings (SSSR count). The van der Waals surface area contributed by atoms with Gasteiger partial charge in [-0.25, -0.2) is 4.79 Å². The predicted molar refractivity (Wildman–Crippen MR) is 108 cm³/mol. The number of carbonyl (C=O) groups excluding carboxylic acids is 1. The summed E-state index contributed by atoms with van der Waals surface area (Å²) >= 11 is 0. The average molecular weight is 463 g/mol. The van der Waals surface area contributed by atoms with Crippen molar-refractivity contribution in [3.05, 3.63) is 23.3 Å². The summed E-state index contributed by atoms with van der Waals surface area (Å²) in [4.78, 5) is 26.4. The quantitative estimate of drug-likeness (QED) is 0.570. The molecule has 3 N–H and O–H groups in total. The molecule has 1 amide bonds. The molecule has 2 aliphatic heterocycles. The van der Waals surface area contributed by atoms with E-state index in [0.717, 1.165) is 24.1 Å². The Kier molecular flexibility index (Phi) is 10.3.